The Morgan fingerprint density at radius 3 is 2.44 bits per heavy atom. The Morgan fingerprint density at radius 1 is 1.16 bits per heavy atom. The van der Waals surface area contributed by atoms with Crippen LogP contribution in [-0.2, 0) is 14.3 Å². The molecule has 0 bridgehead atoms. The van der Waals surface area contributed by atoms with E-state index in [1.165, 1.54) is 18.0 Å². The lowest BCUT2D eigenvalue weighted by Crippen LogP contribution is -2.37. The third kappa shape index (κ3) is 8.74. The Labute approximate surface area is 150 Å². The second kappa shape index (κ2) is 11.9. The summed E-state index contributed by atoms with van der Waals surface area (Å²) < 4.78 is 4.93. The van der Waals surface area contributed by atoms with Crippen molar-refractivity contribution in [2.75, 3.05) is 39.1 Å². The number of carbonyl (C=O) groups excluding carboxylic acids is 3. The van der Waals surface area contributed by atoms with E-state index >= 15 is 0 Å². The Bertz CT molecular complexity index is 628. The molecule has 0 aliphatic carbocycles. The molecule has 1 rings (SSSR count). The smallest absolute Gasteiger partial charge is 0.252 e. The van der Waals surface area contributed by atoms with Gasteiger partial charge in [-0.25, -0.2) is 4.98 Å². The summed E-state index contributed by atoms with van der Waals surface area (Å²) in [6, 6.07) is 3.45. The molecule has 1 heterocycles. The van der Waals surface area contributed by atoms with Crippen LogP contribution in [0.15, 0.2) is 23.4 Å². The second-order valence-electron chi connectivity index (χ2n) is 4.67. The van der Waals surface area contributed by atoms with E-state index in [1.54, 1.807) is 12.1 Å². The maximum absolute atomic E-state index is 11.9. The van der Waals surface area contributed by atoms with E-state index in [0.29, 0.717) is 5.56 Å². The van der Waals surface area contributed by atoms with E-state index < -0.39 is 0 Å². The van der Waals surface area contributed by atoms with Gasteiger partial charge in [-0.05, 0) is 18.4 Å². The Kier molecular flexibility index (Phi) is 9.74. The van der Waals surface area contributed by atoms with Crippen LogP contribution in [0.2, 0.25) is 0 Å². The summed E-state index contributed by atoms with van der Waals surface area (Å²) in [5.41, 5.74) is 0.449. The normalized spacial score (nSPS) is 9.76. The number of amides is 3. The first-order valence-corrected chi connectivity index (χ1v) is 8.62. The van der Waals surface area contributed by atoms with Crippen LogP contribution in [0.5, 0.6) is 0 Å². The summed E-state index contributed by atoms with van der Waals surface area (Å²) in [7, 11) is 0. The SMILES string of the molecule is C#CCNC(=O)COCC(=O)NCCNC(=O)c1ccc(SC)nc1. The van der Waals surface area contributed by atoms with Gasteiger partial charge in [0.1, 0.15) is 13.2 Å². The molecule has 0 fully saturated rings. The minimum absolute atomic E-state index is 0.115. The molecule has 0 aromatic carbocycles. The van der Waals surface area contributed by atoms with Crippen molar-refractivity contribution in [1.82, 2.24) is 20.9 Å². The fraction of sp³-hybridized carbons (Fsp3) is 0.375. The van der Waals surface area contributed by atoms with Crippen LogP contribution in [0.3, 0.4) is 0 Å². The van der Waals surface area contributed by atoms with Gasteiger partial charge in [0, 0.05) is 19.3 Å². The highest BCUT2D eigenvalue weighted by Gasteiger charge is 2.07. The van der Waals surface area contributed by atoms with Crippen molar-refractivity contribution in [3.63, 3.8) is 0 Å². The zero-order chi connectivity index (χ0) is 18.5. The van der Waals surface area contributed by atoms with Crippen LogP contribution >= 0.6 is 11.8 Å². The first kappa shape index (κ1) is 20.5. The molecule has 0 saturated heterocycles. The van der Waals surface area contributed by atoms with E-state index in [9.17, 15) is 14.4 Å². The van der Waals surface area contributed by atoms with E-state index in [2.05, 4.69) is 26.9 Å². The zero-order valence-corrected chi connectivity index (χ0v) is 14.6. The molecule has 9 heteroatoms. The fourth-order valence-electron chi connectivity index (χ4n) is 1.60. The maximum atomic E-state index is 11.9. The predicted molar refractivity (Wildman–Crippen MR) is 94.0 cm³/mol. The molecule has 3 amide bonds. The summed E-state index contributed by atoms with van der Waals surface area (Å²) in [4.78, 5) is 38.7. The van der Waals surface area contributed by atoms with Crippen molar-refractivity contribution in [3.05, 3.63) is 23.9 Å². The average Bonchev–Trinajstić information content (AvgIpc) is 2.63. The van der Waals surface area contributed by atoms with Gasteiger partial charge in [-0.3, -0.25) is 14.4 Å². The lowest BCUT2D eigenvalue weighted by molar-refractivity contribution is -0.130. The number of thioether (sulfide) groups is 1. The third-order valence-electron chi connectivity index (χ3n) is 2.79. The lowest BCUT2D eigenvalue weighted by Gasteiger charge is -2.08. The number of rotatable bonds is 10. The molecular formula is C16H20N4O4S. The molecular weight excluding hydrogens is 344 g/mol. The van der Waals surface area contributed by atoms with Gasteiger partial charge in [-0.1, -0.05) is 5.92 Å². The number of nitrogens with one attached hydrogen (secondary N) is 3. The van der Waals surface area contributed by atoms with Gasteiger partial charge < -0.3 is 20.7 Å². The molecule has 0 atom stereocenters. The van der Waals surface area contributed by atoms with Crippen molar-refractivity contribution in [2.24, 2.45) is 0 Å². The summed E-state index contributed by atoms with van der Waals surface area (Å²) in [6.45, 7) is 0.122. The zero-order valence-electron chi connectivity index (χ0n) is 13.8. The molecule has 3 N–H and O–H groups in total. The van der Waals surface area contributed by atoms with E-state index in [0.717, 1.165) is 5.03 Å². The van der Waals surface area contributed by atoms with Gasteiger partial charge in [0.15, 0.2) is 0 Å². The number of pyridine rings is 1. The number of hydrogen-bond acceptors (Lipinski definition) is 6. The Morgan fingerprint density at radius 2 is 1.84 bits per heavy atom. The average molecular weight is 364 g/mol. The highest BCUT2D eigenvalue weighted by Crippen LogP contribution is 2.10. The number of nitrogens with zero attached hydrogens (tertiary/aromatic N) is 1. The van der Waals surface area contributed by atoms with Crippen LogP contribution in [0.4, 0.5) is 0 Å². The van der Waals surface area contributed by atoms with Crippen LogP contribution in [0.1, 0.15) is 10.4 Å². The van der Waals surface area contributed by atoms with Crippen LogP contribution in [0.25, 0.3) is 0 Å². The number of aromatic nitrogens is 1. The topological polar surface area (TPSA) is 109 Å². The summed E-state index contributed by atoms with van der Waals surface area (Å²) >= 11 is 1.49. The minimum atomic E-state index is -0.390. The van der Waals surface area contributed by atoms with Gasteiger partial charge in [0.25, 0.3) is 5.91 Å². The summed E-state index contributed by atoms with van der Waals surface area (Å²) in [5.74, 6) is 1.21. The van der Waals surface area contributed by atoms with Gasteiger partial charge >= 0.3 is 0 Å². The van der Waals surface area contributed by atoms with Crippen LogP contribution in [0, 0.1) is 12.3 Å². The van der Waals surface area contributed by atoms with Crippen molar-refractivity contribution in [1.29, 1.82) is 0 Å². The van der Waals surface area contributed by atoms with E-state index in [1.807, 2.05) is 6.26 Å². The molecule has 1 aromatic heterocycles. The van der Waals surface area contributed by atoms with Gasteiger partial charge in [-0.15, -0.1) is 18.2 Å². The first-order chi connectivity index (χ1) is 12.1. The number of terminal acetylenes is 1. The Hall–Kier alpha value is -2.57. The molecule has 0 spiro atoms. The van der Waals surface area contributed by atoms with Crippen LogP contribution < -0.4 is 16.0 Å². The highest BCUT2D eigenvalue weighted by molar-refractivity contribution is 7.98. The van der Waals surface area contributed by atoms with Crippen molar-refractivity contribution in [2.45, 2.75) is 5.03 Å². The van der Waals surface area contributed by atoms with Crippen molar-refractivity contribution < 1.29 is 19.1 Å². The molecule has 0 aliphatic rings. The number of hydrogen-bond donors (Lipinski definition) is 3. The minimum Gasteiger partial charge on any atom is -0.362 e. The molecule has 25 heavy (non-hydrogen) atoms. The number of ether oxygens (including phenoxy) is 1. The molecule has 0 radical (unpaired) electrons. The lowest BCUT2D eigenvalue weighted by atomic mass is 10.3. The molecule has 0 aliphatic heterocycles. The first-order valence-electron chi connectivity index (χ1n) is 7.39. The monoisotopic (exact) mass is 364 g/mol. The highest BCUT2D eigenvalue weighted by atomic mass is 32.2. The maximum Gasteiger partial charge on any atom is 0.252 e. The largest absolute Gasteiger partial charge is 0.362 e. The molecule has 0 saturated carbocycles. The molecule has 8 nitrogen and oxygen atoms in total. The standard InChI is InChI=1S/C16H20N4O4S/c1-3-6-17-13(21)10-24-11-14(22)18-7-8-19-16(23)12-4-5-15(25-2)20-9-12/h1,4-5,9H,6-8,10-11H2,2H3,(H,17,21)(H,18,22)(H,19,23). The summed E-state index contributed by atoms with van der Waals surface area (Å²) in [6.07, 6.45) is 8.39. The summed E-state index contributed by atoms with van der Waals surface area (Å²) in [5, 5.41) is 8.47. The van der Waals surface area contributed by atoms with Crippen molar-refractivity contribution >= 4 is 29.5 Å². The Balaban J connectivity index is 2.13. The molecule has 1 aromatic rings. The van der Waals surface area contributed by atoms with E-state index in [4.69, 9.17) is 11.2 Å². The van der Waals surface area contributed by atoms with Gasteiger partial charge in [-0.2, -0.15) is 0 Å². The van der Waals surface area contributed by atoms with Gasteiger partial charge in [0.2, 0.25) is 11.8 Å². The fourth-order valence-corrected chi connectivity index (χ4v) is 1.97. The molecule has 0 unspecified atom stereocenters. The number of carbonyl (C=O) groups is 3. The van der Waals surface area contributed by atoms with E-state index in [-0.39, 0.29) is 50.6 Å². The quantitative estimate of drug-likeness (QED) is 0.291. The van der Waals surface area contributed by atoms with Crippen LogP contribution in [-0.4, -0.2) is 61.8 Å². The third-order valence-corrected chi connectivity index (χ3v) is 3.45. The predicted octanol–water partition coefficient (Wildman–Crippen LogP) is -0.584. The van der Waals surface area contributed by atoms with Gasteiger partial charge in [0.05, 0.1) is 17.1 Å². The second-order valence-corrected chi connectivity index (χ2v) is 5.50. The molecule has 134 valence electrons. The van der Waals surface area contributed by atoms with Crippen molar-refractivity contribution in [3.8, 4) is 12.3 Å².